The first-order chi connectivity index (χ1) is 12.0. The standard InChI is InChI=1S/C19H21BrN2O3/c1-13(14-7-8-17-18(9-14)25-12-24-17)21-19(23)11-22(2)10-15-5-3-4-6-16(15)20/h3-9,13H,10-12H2,1-2H3,(H,21,23)/p+1. The van der Waals surface area contributed by atoms with Crippen LogP contribution in [0.1, 0.15) is 24.1 Å². The predicted octanol–water partition coefficient (Wildman–Crippen LogP) is 2.07. The van der Waals surface area contributed by atoms with Gasteiger partial charge in [-0.05, 0) is 30.7 Å². The van der Waals surface area contributed by atoms with Crippen molar-refractivity contribution in [2.45, 2.75) is 19.5 Å². The lowest BCUT2D eigenvalue weighted by molar-refractivity contribution is -0.885. The van der Waals surface area contributed by atoms with E-state index < -0.39 is 0 Å². The average Bonchev–Trinajstić information content (AvgIpc) is 3.04. The molecule has 0 bridgehead atoms. The van der Waals surface area contributed by atoms with Gasteiger partial charge in [-0.1, -0.05) is 40.2 Å². The van der Waals surface area contributed by atoms with Gasteiger partial charge in [-0.3, -0.25) is 4.79 Å². The largest absolute Gasteiger partial charge is 0.454 e. The summed E-state index contributed by atoms with van der Waals surface area (Å²) in [4.78, 5) is 13.5. The summed E-state index contributed by atoms with van der Waals surface area (Å²) in [5.41, 5.74) is 2.19. The van der Waals surface area contributed by atoms with E-state index in [1.54, 1.807) is 0 Å². The normalized spacial score (nSPS) is 14.8. The molecular formula is C19H22BrN2O3+. The number of nitrogens with one attached hydrogen (secondary N) is 2. The van der Waals surface area contributed by atoms with Gasteiger partial charge in [-0.25, -0.2) is 0 Å². The van der Waals surface area contributed by atoms with E-state index in [-0.39, 0.29) is 18.7 Å². The third kappa shape index (κ3) is 4.52. The molecule has 2 aromatic carbocycles. The second kappa shape index (κ2) is 7.89. The third-order valence-electron chi connectivity index (χ3n) is 4.19. The number of carbonyl (C=O) groups is 1. The van der Waals surface area contributed by atoms with E-state index in [0.29, 0.717) is 6.54 Å². The third-order valence-corrected chi connectivity index (χ3v) is 4.96. The van der Waals surface area contributed by atoms with Crippen LogP contribution in [0.25, 0.3) is 0 Å². The van der Waals surface area contributed by atoms with Crippen LogP contribution in [0, 0.1) is 0 Å². The van der Waals surface area contributed by atoms with Crippen LogP contribution in [0.3, 0.4) is 0 Å². The monoisotopic (exact) mass is 405 g/mol. The minimum absolute atomic E-state index is 0.0229. The van der Waals surface area contributed by atoms with Crippen molar-refractivity contribution in [2.75, 3.05) is 20.4 Å². The molecule has 3 rings (SSSR count). The van der Waals surface area contributed by atoms with Gasteiger partial charge in [-0.15, -0.1) is 0 Å². The molecule has 1 amide bonds. The molecule has 1 heterocycles. The number of ether oxygens (including phenoxy) is 2. The summed E-state index contributed by atoms with van der Waals surface area (Å²) in [6.45, 7) is 3.42. The van der Waals surface area contributed by atoms with Crippen molar-refractivity contribution in [3.05, 3.63) is 58.1 Å². The number of halogens is 1. The summed E-state index contributed by atoms with van der Waals surface area (Å²) in [5, 5.41) is 3.05. The van der Waals surface area contributed by atoms with E-state index in [0.717, 1.165) is 33.0 Å². The molecule has 2 unspecified atom stereocenters. The Hall–Kier alpha value is -2.05. The summed E-state index contributed by atoms with van der Waals surface area (Å²) in [6.07, 6.45) is 0. The Kier molecular flexibility index (Phi) is 5.60. The summed E-state index contributed by atoms with van der Waals surface area (Å²) >= 11 is 3.55. The highest BCUT2D eigenvalue weighted by Crippen LogP contribution is 2.34. The molecule has 0 saturated carbocycles. The number of rotatable bonds is 6. The van der Waals surface area contributed by atoms with E-state index in [1.807, 2.05) is 50.4 Å². The fraction of sp³-hybridized carbons (Fsp3) is 0.316. The summed E-state index contributed by atoms with van der Waals surface area (Å²) in [7, 11) is 2.02. The zero-order valence-electron chi connectivity index (χ0n) is 14.3. The minimum Gasteiger partial charge on any atom is -0.454 e. The first kappa shape index (κ1) is 17.8. The van der Waals surface area contributed by atoms with Gasteiger partial charge in [0.25, 0.3) is 5.91 Å². The Bertz CT molecular complexity index is 766. The second-order valence-electron chi connectivity index (χ2n) is 6.30. The van der Waals surface area contributed by atoms with Gasteiger partial charge < -0.3 is 19.7 Å². The Morgan fingerprint density at radius 3 is 2.80 bits per heavy atom. The van der Waals surface area contributed by atoms with E-state index in [2.05, 4.69) is 27.3 Å². The van der Waals surface area contributed by atoms with Gasteiger partial charge in [0, 0.05) is 10.0 Å². The van der Waals surface area contributed by atoms with Crippen molar-refractivity contribution in [1.29, 1.82) is 0 Å². The van der Waals surface area contributed by atoms with E-state index in [1.165, 1.54) is 5.56 Å². The number of quaternary nitrogens is 1. The number of benzene rings is 2. The van der Waals surface area contributed by atoms with Crippen molar-refractivity contribution in [1.82, 2.24) is 5.32 Å². The van der Waals surface area contributed by atoms with Gasteiger partial charge in [0.05, 0.1) is 13.1 Å². The first-order valence-electron chi connectivity index (χ1n) is 8.26. The highest BCUT2D eigenvalue weighted by Gasteiger charge is 2.18. The van der Waals surface area contributed by atoms with Gasteiger partial charge in [0.15, 0.2) is 18.0 Å². The molecule has 132 valence electrons. The van der Waals surface area contributed by atoms with Crippen LogP contribution >= 0.6 is 15.9 Å². The molecule has 0 radical (unpaired) electrons. The van der Waals surface area contributed by atoms with Crippen LogP contribution < -0.4 is 19.7 Å². The molecule has 2 N–H and O–H groups in total. The smallest absolute Gasteiger partial charge is 0.275 e. The summed E-state index contributed by atoms with van der Waals surface area (Å²) in [5.74, 6) is 1.50. The fourth-order valence-electron chi connectivity index (χ4n) is 2.86. The van der Waals surface area contributed by atoms with Gasteiger partial charge in [0.1, 0.15) is 6.54 Å². The number of fused-ring (bicyclic) bond motifs is 1. The molecule has 0 spiro atoms. The lowest BCUT2D eigenvalue weighted by Crippen LogP contribution is -3.08. The molecule has 0 saturated heterocycles. The highest BCUT2D eigenvalue weighted by atomic mass is 79.9. The highest BCUT2D eigenvalue weighted by molar-refractivity contribution is 9.10. The van der Waals surface area contributed by atoms with Crippen LogP contribution in [0.4, 0.5) is 0 Å². The van der Waals surface area contributed by atoms with Gasteiger partial charge in [0.2, 0.25) is 6.79 Å². The molecule has 6 heteroatoms. The molecule has 2 atom stereocenters. The van der Waals surface area contributed by atoms with Crippen LogP contribution in [0.15, 0.2) is 46.9 Å². The molecular weight excluding hydrogens is 384 g/mol. The van der Waals surface area contributed by atoms with E-state index in [9.17, 15) is 4.79 Å². The minimum atomic E-state index is -0.0849. The number of hydrogen-bond acceptors (Lipinski definition) is 3. The molecule has 1 aliphatic heterocycles. The van der Waals surface area contributed by atoms with E-state index in [4.69, 9.17) is 9.47 Å². The summed E-state index contributed by atoms with van der Waals surface area (Å²) < 4.78 is 11.8. The second-order valence-corrected chi connectivity index (χ2v) is 7.16. The fourth-order valence-corrected chi connectivity index (χ4v) is 3.29. The number of likely N-dealkylation sites (N-methyl/N-ethyl adjacent to an activating group) is 1. The maximum atomic E-state index is 12.3. The zero-order valence-corrected chi connectivity index (χ0v) is 15.9. The molecule has 0 aromatic heterocycles. The SMILES string of the molecule is CC(NC(=O)C[NH+](C)Cc1ccccc1Br)c1ccc2c(c1)OCO2. The number of hydrogen-bond donors (Lipinski definition) is 2. The van der Waals surface area contributed by atoms with Crippen molar-refractivity contribution < 1.29 is 19.2 Å². The van der Waals surface area contributed by atoms with Crippen LogP contribution in [-0.4, -0.2) is 26.3 Å². The Morgan fingerprint density at radius 2 is 2.00 bits per heavy atom. The maximum absolute atomic E-state index is 12.3. The average molecular weight is 406 g/mol. The van der Waals surface area contributed by atoms with Crippen LogP contribution in [0.2, 0.25) is 0 Å². The maximum Gasteiger partial charge on any atom is 0.275 e. The van der Waals surface area contributed by atoms with Crippen molar-refractivity contribution in [2.24, 2.45) is 0 Å². The zero-order chi connectivity index (χ0) is 17.8. The Balaban J connectivity index is 1.54. The Morgan fingerprint density at radius 1 is 1.24 bits per heavy atom. The molecule has 2 aromatic rings. The topological polar surface area (TPSA) is 52.0 Å². The molecule has 5 nitrogen and oxygen atoms in total. The first-order valence-corrected chi connectivity index (χ1v) is 9.06. The lowest BCUT2D eigenvalue weighted by Gasteiger charge is -2.18. The number of carbonyl (C=O) groups excluding carboxylic acids is 1. The Labute approximate surface area is 156 Å². The summed E-state index contributed by atoms with van der Waals surface area (Å²) in [6, 6.07) is 13.8. The number of amides is 1. The quantitative estimate of drug-likeness (QED) is 0.773. The van der Waals surface area contributed by atoms with Gasteiger partial charge >= 0.3 is 0 Å². The molecule has 25 heavy (non-hydrogen) atoms. The van der Waals surface area contributed by atoms with Crippen molar-refractivity contribution in [3.63, 3.8) is 0 Å². The molecule has 0 fully saturated rings. The van der Waals surface area contributed by atoms with Crippen LogP contribution in [-0.2, 0) is 11.3 Å². The van der Waals surface area contributed by atoms with E-state index >= 15 is 0 Å². The molecule has 1 aliphatic rings. The lowest BCUT2D eigenvalue weighted by atomic mass is 10.1. The molecule has 0 aliphatic carbocycles. The predicted molar refractivity (Wildman–Crippen MR) is 98.7 cm³/mol. The van der Waals surface area contributed by atoms with Gasteiger partial charge in [-0.2, -0.15) is 0 Å². The van der Waals surface area contributed by atoms with Crippen molar-refractivity contribution in [3.8, 4) is 11.5 Å². The van der Waals surface area contributed by atoms with Crippen molar-refractivity contribution >= 4 is 21.8 Å². The van der Waals surface area contributed by atoms with Crippen LogP contribution in [0.5, 0.6) is 11.5 Å².